The van der Waals surface area contributed by atoms with Gasteiger partial charge in [0.05, 0.1) is 5.69 Å². The van der Waals surface area contributed by atoms with Crippen molar-refractivity contribution in [2.75, 3.05) is 11.1 Å². The quantitative estimate of drug-likeness (QED) is 0.813. The van der Waals surface area contributed by atoms with Gasteiger partial charge in [0.15, 0.2) is 0 Å². The Bertz CT molecular complexity index is 686. The normalized spacial score (nSPS) is 10.4. The number of aryl methyl sites for hydroxylation is 2. The first-order valence-corrected chi connectivity index (χ1v) is 6.81. The molecule has 104 valence electrons. The molecule has 0 saturated carbocycles. The molecule has 0 bridgehead atoms. The smallest absolute Gasteiger partial charge is 0.255 e. The van der Waals surface area contributed by atoms with Crippen LogP contribution in [-0.4, -0.2) is 5.91 Å². The van der Waals surface area contributed by atoms with Crippen molar-refractivity contribution >= 4 is 33.2 Å². The van der Waals surface area contributed by atoms with Crippen molar-refractivity contribution in [1.29, 1.82) is 0 Å². The van der Waals surface area contributed by atoms with Gasteiger partial charge in [-0.15, -0.1) is 0 Å². The fourth-order valence-electron chi connectivity index (χ4n) is 1.71. The number of amides is 1. The number of halogens is 2. The van der Waals surface area contributed by atoms with Gasteiger partial charge in [0.1, 0.15) is 5.82 Å². The topological polar surface area (TPSA) is 55.1 Å². The van der Waals surface area contributed by atoms with Crippen molar-refractivity contribution in [2.45, 2.75) is 13.8 Å². The van der Waals surface area contributed by atoms with Crippen LogP contribution in [0.25, 0.3) is 0 Å². The number of anilines is 2. The SMILES string of the molecule is Cc1cc(Br)c(NC(=O)c2ccc(C)c(F)c2)cc1N. The zero-order valence-corrected chi connectivity index (χ0v) is 12.7. The van der Waals surface area contributed by atoms with Gasteiger partial charge in [0, 0.05) is 15.7 Å². The predicted molar refractivity (Wildman–Crippen MR) is 82.4 cm³/mol. The minimum absolute atomic E-state index is 0.263. The maximum Gasteiger partial charge on any atom is 0.255 e. The second-order valence-electron chi connectivity index (χ2n) is 4.61. The number of rotatable bonds is 2. The van der Waals surface area contributed by atoms with Gasteiger partial charge in [-0.1, -0.05) is 6.07 Å². The van der Waals surface area contributed by atoms with Gasteiger partial charge in [-0.2, -0.15) is 0 Å². The maximum atomic E-state index is 13.5. The van der Waals surface area contributed by atoms with Crippen LogP contribution in [0, 0.1) is 19.7 Å². The third-order valence-electron chi connectivity index (χ3n) is 3.04. The van der Waals surface area contributed by atoms with Crippen LogP contribution < -0.4 is 11.1 Å². The molecule has 20 heavy (non-hydrogen) atoms. The van der Waals surface area contributed by atoms with Crippen molar-refractivity contribution in [3.05, 3.63) is 57.3 Å². The van der Waals surface area contributed by atoms with Crippen LogP contribution in [0.5, 0.6) is 0 Å². The third kappa shape index (κ3) is 2.99. The lowest BCUT2D eigenvalue weighted by molar-refractivity contribution is 0.102. The summed E-state index contributed by atoms with van der Waals surface area (Å²) in [5, 5.41) is 2.71. The molecular formula is C15H14BrFN2O. The molecule has 3 N–H and O–H groups in total. The number of hydrogen-bond acceptors (Lipinski definition) is 2. The zero-order valence-electron chi connectivity index (χ0n) is 11.1. The molecule has 5 heteroatoms. The molecule has 0 atom stereocenters. The lowest BCUT2D eigenvalue weighted by atomic mass is 10.1. The fourth-order valence-corrected chi connectivity index (χ4v) is 2.27. The summed E-state index contributed by atoms with van der Waals surface area (Å²) >= 11 is 3.36. The van der Waals surface area contributed by atoms with E-state index in [9.17, 15) is 9.18 Å². The van der Waals surface area contributed by atoms with Crippen LogP contribution in [0.1, 0.15) is 21.5 Å². The molecule has 2 aromatic rings. The lowest BCUT2D eigenvalue weighted by Crippen LogP contribution is -2.13. The van der Waals surface area contributed by atoms with Crippen LogP contribution in [0.2, 0.25) is 0 Å². The summed E-state index contributed by atoms with van der Waals surface area (Å²) in [5.41, 5.74) is 8.63. The van der Waals surface area contributed by atoms with Gasteiger partial charge >= 0.3 is 0 Å². The summed E-state index contributed by atoms with van der Waals surface area (Å²) in [6.45, 7) is 3.52. The standard InChI is InChI=1S/C15H14BrFN2O/c1-8-3-4-10(6-12(8)17)15(20)19-14-7-13(18)9(2)5-11(14)16/h3-7H,18H2,1-2H3,(H,19,20). The number of carbonyl (C=O) groups is 1. The number of carbonyl (C=O) groups excluding carboxylic acids is 1. The van der Waals surface area contributed by atoms with Crippen molar-refractivity contribution in [3.63, 3.8) is 0 Å². The molecule has 1 amide bonds. The van der Waals surface area contributed by atoms with Crippen molar-refractivity contribution < 1.29 is 9.18 Å². The van der Waals surface area contributed by atoms with Gasteiger partial charge in [0.2, 0.25) is 0 Å². The Morgan fingerprint density at radius 1 is 1.20 bits per heavy atom. The molecule has 0 spiro atoms. The van der Waals surface area contributed by atoms with Gasteiger partial charge in [-0.25, -0.2) is 4.39 Å². The maximum absolute atomic E-state index is 13.5. The van der Waals surface area contributed by atoms with Crippen LogP contribution >= 0.6 is 15.9 Å². The average Bonchev–Trinajstić information content (AvgIpc) is 2.39. The molecule has 0 aliphatic heterocycles. The Kier molecular flexibility index (Phi) is 4.09. The summed E-state index contributed by atoms with van der Waals surface area (Å²) in [6.07, 6.45) is 0. The molecule has 2 aromatic carbocycles. The molecule has 0 unspecified atom stereocenters. The van der Waals surface area contributed by atoms with Crippen LogP contribution in [0.3, 0.4) is 0 Å². The van der Waals surface area contributed by atoms with E-state index in [0.717, 1.165) is 10.0 Å². The predicted octanol–water partition coefficient (Wildman–Crippen LogP) is 4.04. The van der Waals surface area contributed by atoms with Gasteiger partial charge in [-0.3, -0.25) is 4.79 Å². The second-order valence-corrected chi connectivity index (χ2v) is 5.46. The van der Waals surface area contributed by atoms with E-state index < -0.39 is 5.82 Å². The number of benzene rings is 2. The van der Waals surface area contributed by atoms with Crippen LogP contribution in [0.15, 0.2) is 34.8 Å². The molecule has 0 radical (unpaired) electrons. The lowest BCUT2D eigenvalue weighted by Gasteiger charge is -2.10. The number of nitrogen functional groups attached to an aromatic ring is 1. The highest BCUT2D eigenvalue weighted by molar-refractivity contribution is 9.10. The van der Waals surface area contributed by atoms with E-state index in [0.29, 0.717) is 16.9 Å². The Morgan fingerprint density at radius 3 is 2.55 bits per heavy atom. The van der Waals surface area contributed by atoms with Crippen LogP contribution in [-0.2, 0) is 0 Å². The van der Waals surface area contributed by atoms with Gasteiger partial charge in [-0.05, 0) is 65.2 Å². The molecule has 0 aliphatic carbocycles. The molecule has 0 saturated heterocycles. The minimum atomic E-state index is -0.403. The van der Waals surface area contributed by atoms with Crippen molar-refractivity contribution in [3.8, 4) is 0 Å². The summed E-state index contributed by atoms with van der Waals surface area (Å²) in [4.78, 5) is 12.1. The summed E-state index contributed by atoms with van der Waals surface area (Å²) in [6, 6.07) is 7.86. The van der Waals surface area contributed by atoms with Crippen molar-refractivity contribution in [1.82, 2.24) is 0 Å². The van der Waals surface area contributed by atoms with E-state index >= 15 is 0 Å². The average molecular weight is 337 g/mol. The summed E-state index contributed by atoms with van der Waals surface area (Å²) in [7, 11) is 0. The molecule has 0 aromatic heterocycles. The number of nitrogens with one attached hydrogen (secondary N) is 1. The van der Waals surface area contributed by atoms with E-state index in [1.165, 1.54) is 6.07 Å². The minimum Gasteiger partial charge on any atom is -0.398 e. The molecule has 0 fully saturated rings. The molecule has 0 aliphatic rings. The van der Waals surface area contributed by atoms with Gasteiger partial charge in [0.25, 0.3) is 5.91 Å². The first kappa shape index (κ1) is 14.5. The zero-order chi connectivity index (χ0) is 14.9. The van der Waals surface area contributed by atoms with E-state index in [1.54, 1.807) is 25.1 Å². The Balaban J connectivity index is 2.27. The van der Waals surface area contributed by atoms with E-state index in [2.05, 4.69) is 21.2 Å². The monoisotopic (exact) mass is 336 g/mol. The van der Waals surface area contributed by atoms with Crippen LogP contribution in [0.4, 0.5) is 15.8 Å². The third-order valence-corrected chi connectivity index (χ3v) is 3.69. The van der Waals surface area contributed by atoms with E-state index in [-0.39, 0.29) is 11.5 Å². The Hall–Kier alpha value is -1.88. The molecular weight excluding hydrogens is 323 g/mol. The Labute approximate surface area is 125 Å². The molecule has 3 nitrogen and oxygen atoms in total. The molecule has 2 rings (SSSR count). The number of hydrogen-bond donors (Lipinski definition) is 2. The highest BCUT2D eigenvalue weighted by Crippen LogP contribution is 2.28. The first-order chi connectivity index (χ1) is 9.38. The Morgan fingerprint density at radius 2 is 1.90 bits per heavy atom. The molecule has 0 heterocycles. The number of nitrogens with two attached hydrogens (primary N) is 1. The largest absolute Gasteiger partial charge is 0.398 e. The van der Waals surface area contributed by atoms with E-state index in [4.69, 9.17) is 5.73 Å². The van der Waals surface area contributed by atoms with Crippen molar-refractivity contribution in [2.24, 2.45) is 0 Å². The first-order valence-electron chi connectivity index (χ1n) is 6.01. The van der Waals surface area contributed by atoms with Gasteiger partial charge < -0.3 is 11.1 Å². The summed E-state index contributed by atoms with van der Waals surface area (Å²) < 4.78 is 14.2. The van der Waals surface area contributed by atoms with E-state index in [1.807, 2.05) is 13.0 Å². The fraction of sp³-hybridized carbons (Fsp3) is 0.133. The summed E-state index contributed by atoms with van der Waals surface area (Å²) in [5.74, 6) is -0.784. The highest BCUT2D eigenvalue weighted by Gasteiger charge is 2.11. The second kappa shape index (κ2) is 5.63. The highest BCUT2D eigenvalue weighted by atomic mass is 79.9.